The minimum Gasteiger partial charge on any atom is -0.269 e. The third kappa shape index (κ3) is 2.04. The first-order chi connectivity index (χ1) is 7.87. The van der Waals surface area contributed by atoms with Gasteiger partial charge < -0.3 is 0 Å². The first-order valence-electron chi connectivity index (χ1n) is 4.51. The van der Waals surface area contributed by atoms with Crippen molar-refractivity contribution in [2.24, 2.45) is 0 Å². The molecule has 0 fully saturated rings. The number of thiocarbonyl (C=S) groups is 1. The van der Waals surface area contributed by atoms with E-state index in [0.29, 0.717) is 11.1 Å². The Morgan fingerprint density at radius 1 is 1.18 bits per heavy atom. The van der Waals surface area contributed by atoms with Crippen LogP contribution in [0.3, 0.4) is 0 Å². The molecule has 0 aliphatic carbocycles. The summed E-state index contributed by atoms with van der Waals surface area (Å²) in [4.78, 5) is 12.2. The number of halogens is 4. The lowest BCUT2D eigenvalue weighted by molar-refractivity contribution is 0.0839. The Bertz CT molecular complexity index is 468. The quantitative estimate of drug-likeness (QED) is 0.468. The Morgan fingerprint density at radius 2 is 1.71 bits per heavy atom. The van der Waals surface area contributed by atoms with Crippen LogP contribution in [0, 0.1) is 0 Å². The molecule has 90 valence electrons. The Kier molecular flexibility index (Phi) is 3.59. The summed E-state index contributed by atoms with van der Waals surface area (Å²) < 4.78 is -1.78. The number of benzene rings is 1. The standard InChI is InChI=1S/C10H5Cl4NOS/c11-9(12)10(13,14)15-7(16)5-3-1-2-4-6(5)8(15)17/h1-4,9H. The van der Waals surface area contributed by atoms with Gasteiger partial charge in [0, 0.05) is 5.56 Å². The Labute approximate surface area is 123 Å². The maximum absolute atomic E-state index is 12.1. The summed E-state index contributed by atoms with van der Waals surface area (Å²) in [7, 11) is 0. The average molecular weight is 329 g/mol. The minimum absolute atomic E-state index is 0.224. The van der Waals surface area contributed by atoms with Gasteiger partial charge in [-0.25, -0.2) is 0 Å². The van der Waals surface area contributed by atoms with Crippen molar-refractivity contribution in [1.82, 2.24) is 4.90 Å². The Hall–Kier alpha value is -0.0600. The Morgan fingerprint density at radius 3 is 2.18 bits per heavy atom. The zero-order valence-corrected chi connectivity index (χ0v) is 12.0. The average Bonchev–Trinajstić information content (AvgIpc) is 2.52. The number of hydrogen-bond acceptors (Lipinski definition) is 2. The van der Waals surface area contributed by atoms with E-state index in [0.717, 1.165) is 4.90 Å². The molecular formula is C10H5Cl4NOS. The molecule has 2 rings (SSSR count). The van der Waals surface area contributed by atoms with Crippen molar-refractivity contribution in [1.29, 1.82) is 0 Å². The van der Waals surface area contributed by atoms with Gasteiger partial charge in [-0.1, -0.05) is 76.8 Å². The summed E-state index contributed by atoms with van der Waals surface area (Å²) in [6.45, 7) is 0. The predicted molar refractivity (Wildman–Crippen MR) is 74.2 cm³/mol. The van der Waals surface area contributed by atoms with Crippen LogP contribution in [0.5, 0.6) is 0 Å². The zero-order chi connectivity index (χ0) is 12.8. The van der Waals surface area contributed by atoms with Gasteiger partial charge in [-0.3, -0.25) is 9.69 Å². The molecule has 0 N–H and O–H groups in total. The highest BCUT2D eigenvalue weighted by molar-refractivity contribution is 7.80. The van der Waals surface area contributed by atoms with Crippen molar-refractivity contribution in [3.8, 4) is 0 Å². The summed E-state index contributed by atoms with van der Waals surface area (Å²) >= 11 is 28.5. The van der Waals surface area contributed by atoms with E-state index in [1.165, 1.54) is 0 Å². The number of carbonyl (C=O) groups excluding carboxylic acids is 1. The van der Waals surface area contributed by atoms with Crippen LogP contribution in [0.2, 0.25) is 0 Å². The van der Waals surface area contributed by atoms with E-state index in [1.807, 2.05) is 0 Å². The molecule has 1 aliphatic rings. The van der Waals surface area contributed by atoms with Crippen LogP contribution in [0.4, 0.5) is 0 Å². The predicted octanol–water partition coefficient (Wildman–Crippen LogP) is 3.75. The highest BCUT2D eigenvalue weighted by atomic mass is 35.5. The molecule has 0 spiro atoms. The second-order valence-electron chi connectivity index (χ2n) is 3.38. The molecule has 0 bridgehead atoms. The summed E-state index contributed by atoms with van der Waals surface area (Å²) in [6.07, 6.45) is 0. The lowest BCUT2D eigenvalue weighted by Gasteiger charge is -2.31. The molecule has 1 aliphatic heterocycles. The normalized spacial score (nSPS) is 15.7. The molecule has 1 amide bonds. The van der Waals surface area contributed by atoms with Gasteiger partial charge in [-0.2, -0.15) is 0 Å². The smallest absolute Gasteiger partial charge is 0.262 e. The SMILES string of the molecule is O=C1c2ccccc2C(=S)N1C(Cl)(Cl)C(Cl)Cl. The largest absolute Gasteiger partial charge is 0.269 e. The van der Waals surface area contributed by atoms with Gasteiger partial charge in [-0.15, -0.1) is 0 Å². The van der Waals surface area contributed by atoms with E-state index in [4.69, 9.17) is 58.6 Å². The minimum atomic E-state index is -1.78. The van der Waals surface area contributed by atoms with Gasteiger partial charge >= 0.3 is 0 Å². The first kappa shape index (κ1) is 13.4. The van der Waals surface area contributed by atoms with Crippen molar-refractivity contribution in [3.63, 3.8) is 0 Å². The maximum atomic E-state index is 12.1. The number of rotatable bonds is 2. The molecule has 1 aromatic carbocycles. The molecule has 0 saturated carbocycles. The van der Waals surface area contributed by atoms with Crippen LogP contribution in [0.25, 0.3) is 0 Å². The van der Waals surface area contributed by atoms with Crippen LogP contribution >= 0.6 is 58.6 Å². The summed E-state index contributed by atoms with van der Waals surface area (Å²) in [5, 5.41) is 0. The van der Waals surface area contributed by atoms with E-state index in [-0.39, 0.29) is 4.99 Å². The third-order valence-corrected chi connectivity index (χ3v) is 4.61. The van der Waals surface area contributed by atoms with Gasteiger partial charge in [0.1, 0.15) is 4.99 Å². The van der Waals surface area contributed by atoms with E-state index in [1.54, 1.807) is 24.3 Å². The van der Waals surface area contributed by atoms with E-state index in [9.17, 15) is 4.79 Å². The summed E-state index contributed by atoms with van der Waals surface area (Å²) in [6, 6.07) is 6.86. The molecule has 0 unspecified atom stereocenters. The second kappa shape index (κ2) is 4.56. The van der Waals surface area contributed by atoms with Crippen molar-refractivity contribution >= 4 is 69.5 Å². The zero-order valence-electron chi connectivity index (χ0n) is 8.16. The van der Waals surface area contributed by atoms with Crippen molar-refractivity contribution < 1.29 is 4.79 Å². The third-order valence-electron chi connectivity index (χ3n) is 2.35. The second-order valence-corrected chi connectivity index (χ2v) is 6.21. The van der Waals surface area contributed by atoms with Gasteiger partial charge in [-0.05, 0) is 6.07 Å². The highest BCUT2D eigenvalue weighted by Gasteiger charge is 2.48. The van der Waals surface area contributed by atoms with Gasteiger partial charge in [0.05, 0.1) is 5.56 Å². The van der Waals surface area contributed by atoms with Crippen LogP contribution in [0.15, 0.2) is 24.3 Å². The molecule has 0 atom stereocenters. The fourth-order valence-corrected chi connectivity index (χ4v) is 2.58. The first-order valence-corrected chi connectivity index (χ1v) is 6.55. The van der Waals surface area contributed by atoms with Gasteiger partial charge in [0.25, 0.3) is 5.91 Å². The van der Waals surface area contributed by atoms with Crippen LogP contribution in [-0.4, -0.2) is 25.1 Å². The number of fused-ring (bicyclic) bond motifs is 1. The fraction of sp³-hybridized carbons (Fsp3) is 0.200. The van der Waals surface area contributed by atoms with E-state index >= 15 is 0 Å². The fourth-order valence-electron chi connectivity index (χ4n) is 1.56. The number of hydrogen-bond donors (Lipinski definition) is 0. The molecule has 0 aromatic heterocycles. The number of amides is 1. The number of alkyl halides is 4. The summed E-state index contributed by atoms with van der Waals surface area (Å²) in [5.74, 6) is -0.401. The molecule has 17 heavy (non-hydrogen) atoms. The molecular weight excluding hydrogens is 324 g/mol. The van der Waals surface area contributed by atoms with Crippen LogP contribution in [-0.2, 0) is 0 Å². The topological polar surface area (TPSA) is 20.3 Å². The lowest BCUT2D eigenvalue weighted by atomic mass is 10.1. The monoisotopic (exact) mass is 327 g/mol. The molecule has 1 heterocycles. The van der Waals surface area contributed by atoms with Crippen LogP contribution < -0.4 is 0 Å². The molecule has 2 nitrogen and oxygen atoms in total. The van der Waals surface area contributed by atoms with Gasteiger partial charge in [0.2, 0.25) is 4.46 Å². The van der Waals surface area contributed by atoms with Gasteiger partial charge in [0.15, 0.2) is 4.84 Å². The van der Waals surface area contributed by atoms with Crippen molar-refractivity contribution in [2.45, 2.75) is 9.29 Å². The number of carbonyl (C=O) groups is 1. The molecule has 0 saturated heterocycles. The number of nitrogens with zero attached hydrogens (tertiary/aromatic N) is 1. The van der Waals surface area contributed by atoms with E-state index < -0.39 is 15.2 Å². The summed E-state index contributed by atoms with van der Waals surface area (Å²) in [5.41, 5.74) is 1.05. The molecule has 7 heteroatoms. The molecule has 0 radical (unpaired) electrons. The Balaban J connectivity index is 2.50. The maximum Gasteiger partial charge on any atom is 0.262 e. The van der Waals surface area contributed by atoms with Crippen molar-refractivity contribution in [2.75, 3.05) is 0 Å². The van der Waals surface area contributed by atoms with Crippen LogP contribution in [0.1, 0.15) is 15.9 Å². The van der Waals surface area contributed by atoms with E-state index in [2.05, 4.69) is 0 Å². The van der Waals surface area contributed by atoms with Crippen molar-refractivity contribution in [3.05, 3.63) is 35.4 Å². The lowest BCUT2D eigenvalue weighted by Crippen LogP contribution is -2.47. The molecule has 1 aromatic rings. The highest BCUT2D eigenvalue weighted by Crippen LogP contribution is 2.41.